The Morgan fingerprint density at radius 1 is 1.15 bits per heavy atom. The van der Waals surface area contributed by atoms with E-state index in [0.29, 0.717) is 21.9 Å². The van der Waals surface area contributed by atoms with Crippen LogP contribution in [0.15, 0.2) is 52.9 Å². The molecule has 0 aliphatic heterocycles. The van der Waals surface area contributed by atoms with E-state index < -0.39 is 0 Å². The van der Waals surface area contributed by atoms with E-state index in [1.165, 1.54) is 0 Å². The molecule has 0 bridgehead atoms. The molecule has 0 saturated heterocycles. The van der Waals surface area contributed by atoms with Gasteiger partial charge in [0.25, 0.3) is 0 Å². The summed E-state index contributed by atoms with van der Waals surface area (Å²) in [5.74, 6) is 0.799. The minimum atomic E-state index is -0.181. The Balaban J connectivity index is 2.01. The Bertz CT molecular complexity index is 772. The summed E-state index contributed by atoms with van der Waals surface area (Å²) >= 11 is 6.04. The summed E-state index contributed by atoms with van der Waals surface area (Å²) in [5.41, 5.74) is 1.08. The highest BCUT2D eigenvalue weighted by Crippen LogP contribution is 2.28. The van der Waals surface area contributed by atoms with Crippen molar-refractivity contribution in [3.8, 4) is 5.75 Å². The maximum atomic E-state index is 12.3. The first-order valence-electron chi connectivity index (χ1n) is 6.06. The van der Waals surface area contributed by atoms with Crippen LogP contribution in [0, 0.1) is 0 Å². The second kappa shape index (κ2) is 5.02. The van der Waals surface area contributed by atoms with E-state index in [0.717, 1.165) is 5.39 Å². The number of ketones is 1. The van der Waals surface area contributed by atoms with Gasteiger partial charge in [0.1, 0.15) is 5.75 Å². The van der Waals surface area contributed by atoms with Crippen LogP contribution in [0.4, 0.5) is 0 Å². The second-order valence-electron chi connectivity index (χ2n) is 4.33. The van der Waals surface area contributed by atoms with Gasteiger partial charge in [-0.05, 0) is 36.4 Å². The Morgan fingerprint density at radius 2 is 1.90 bits per heavy atom. The fourth-order valence-corrected chi connectivity index (χ4v) is 2.24. The third kappa shape index (κ3) is 2.17. The number of furan rings is 1. The quantitative estimate of drug-likeness (QED) is 0.673. The largest absolute Gasteiger partial charge is 0.497 e. The van der Waals surface area contributed by atoms with Crippen LogP contribution in [0.2, 0.25) is 5.02 Å². The number of halogens is 1. The standard InChI is InChI=1S/C16H11ClO3/c1-19-12-7-5-10(6-8-12)15(18)14-9-11-3-2-4-13(17)16(11)20-14/h2-9H,1H3. The van der Waals surface area contributed by atoms with E-state index in [2.05, 4.69) is 0 Å². The molecule has 0 aliphatic rings. The van der Waals surface area contributed by atoms with Gasteiger partial charge in [0.05, 0.1) is 12.1 Å². The van der Waals surface area contributed by atoms with Crippen molar-refractivity contribution in [2.75, 3.05) is 7.11 Å². The average molecular weight is 287 g/mol. The van der Waals surface area contributed by atoms with Crippen molar-refractivity contribution in [1.82, 2.24) is 0 Å². The van der Waals surface area contributed by atoms with E-state index in [4.69, 9.17) is 20.8 Å². The summed E-state index contributed by atoms with van der Waals surface area (Å²) in [7, 11) is 1.58. The number of ether oxygens (including phenoxy) is 1. The van der Waals surface area contributed by atoms with Crippen LogP contribution >= 0.6 is 11.6 Å². The lowest BCUT2D eigenvalue weighted by molar-refractivity contribution is 0.101. The summed E-state index contributed by atoms with van der Waals surface area (Å²) in [6, 6.07) is 14.0. The van der Waals surface area contributed by atoms with E-state index in [1.54, 1.807) is 43.5 Å². The number of hydrogen-bond donors (Lipinski definition) is 0. The molecule has 0 radical (unpaired) electrons. The molecule has 0 fully saturated rings. The molecular weight excluding hydrogens is 276 g/mol. The maximum absolute atomic E-state index is 12.3. The molecule has 0 atom stereocenters. The number of fused-ring (bicyclic) bond motifs is 1. The van der Waals surface area contributed by atoms with Crippen molar-refractivity contribution in [2.45, 2.75) is 0 Å². The Labute approximate surface area is 120 Å². The molecule has 0 unspecified atom stereocenters. The summed E-state index contributed by atoms with van der Waals surface area (Å²) in [6.07, 6.45) is 0. The van der Waals surface area contributed by atoms with Crippen LogP contribution in [0.3, 0.4) is 0 Å². The van der Waals surface area contributed by atoms with Gasteiger partial charge in [0, 0.05) is 10.9 Å². The zero-order chi connectivity index (χ0) is 14.1. The van der Waals surface area contributed by atoms with Gasteiger partial charge in [-0.15, -0.1) is 0 Å². The molecule has 2 aromatic carbocycles. The van der Waals surface area contributed by atoms with Crippen LogP contribution in [-0.2, 0) is 0 Å². The Kier molecular flexibility index (Phi) is 3.20. The number of carbonyl (C=O) groups is 1. The topological polar surface area (TPSA) is 39.4 Å². The van der Waals surface area contributed by atoms with Crippen molar-refractivity contribution in [2.24, 2.45) is 0 Å². The fourth-order valence-electron chi connectivity index (χ4n) is 2.02. The highest BCUT2D eigenvalue weighted by molar-refractivity contribution is 6.35. The maximum Gasteiger partial charge on any atom is 0.228 e. The number of para-hydroxylation sites is 1. The van der Waals surface area contributed by atoms with E-state index in [-0.39, 0.29) is 11.5 Å². The number of carbonyl (C=O) groups excluding carboxylic acids is 1. The van der Waals surface area contributed by atoms with Gasteiger partial charge in [-0.1, -0.05) is 23.7 Å². The van der Waals surface area contributed by atoms with Crippen LogP contribution < -0.4 is 4.74 Å². The van der Waals surface area contributed by atoms with E-state index in [1.807, 2.05) is 12.1 Å². The lowest BCUT2D eigenvalue weighted by Crippen LogP contribution is -1.99. The number of hydrogen-bond acceptors (Lipinski definition) is 3. The van der Waals surface area contributed by atoms with Gasteiger partial charge in [0.2, 0.25) is 5.78 Å². The summed E-state index contributed by atoms with van der Waals surface area (Å²) in [5, 5.41) is 1.31. The predicted octanol–water partition coefficient (Wildman–Crippen LogP) is 4.33. The molecule has 1 aromatic heterocycles. The molecule has 1 heterocycles. The van der Waals surface area contributed by atoms with Gasteiger partial charge in [0.15, 0.2) is 11.3 Å². The lowest BCUT2D eigenvalue weighted by Gasteiger charge is -2.00. The molecule has 4 heteroatoms. The van der Waals surface area contributed by atoms with Crippen molar-refractivity contribution in [3.63, 3.8) is 0 Å². The highest BCUT2D eigenvalue weighted by Gasteiger charge is 2.15. The van der Waals surface area contributed by atoms with Gasteiger partial charge in [-0.3, -0.25) is 4.79 Å². The molecule has 3 nitrogen and oxygen atoms in total. The van der Waals surface area contributed by atoms with Crippen molar-refractivity contribution in [3.05, 3.63) is 64.9 Å². The van der Waals surface area contributed by atoms with Crippen LogP contribution in [0.5, 0.6) is 5.75 Å². The lowest BCUT2D eigenvalue weighted by atomic mass is 10.1. The average Bonchev–Trinajstić information content (AvgIpc) is 2.92. The molecule has 0 aliphatic carbocycles. The van der Waals surface area contributed by atoms with E-state index >= 15 is 0 Å². The third-order valence-electron chi connectivity index (χ3n) is 3.07. The molecule has 0 spiro atoms. The van der Waals surface area contributed by atoms with Crippen molar-refractivity contribution >= 4 is 28.4 Å². The summed E-state index contributed by atoms with van der Waals surface area (Å²) < 4.78 is 10.6. The minimum Gasteiger partial charge on any atom is -0.497 e. The minimum absolute atomic E-state index is 0.181. The third-order valence-corrected chi connectivity index (χ3v) is 3.37. The molecule has 20 heavy (non-hydrogen) atoms. The number of rotatable bonds is 3. The number of benzene rings is 2. The molecule has 3 aromatic rings. The molecular formula is C16H11ClO3. The Morgan fingerprint density at radius 3 is 2.55 bits per heavy atom. The van der Waals surface area contributed by atoms with Crippen molar-refractivity contribution < 1.29 is 13.9 Å². The van der Waals surface area contributed by atoms with Gasteiger partial charge >= 0.3 is 0 Å². The first-order chi connectivity index (χ1) is 9.69. The smallest absolute Gasteiger partial charge is 0.228 e. The van der Waals surface area contributed by atoms with Gasteiger partial charge in [-0.2, -0.15) is 0 Å². The highest BCUT2D eigenvalue weighted by atomic mass is 35.5. The predicted molar refractivity (Wildman–Crippen MR) is 77.7 cm³/mol. The van der Waals surface area contributed by atoms with Gasteiger partial charge < -0.3 is 9.15 Å². The Hall–Kier alpha value is -2.26. The number of methoxy groups -OCH3 is 1. The summed E-state index contributed by atoms with van der Waals surface area (Å²) in [6.45, 7) is 0. The van der Waals surface area contributed by atoms with Crippen molar-refractivity contribution in [1.29, 1.82) is 0 Å². The molecule has 0 saturated carbocycles. The van der Waals surface area contributed by atoms with Crippen LogP contribution in [-0.4, -0.2) is 12.9 Å². The van der Waals surface area contributed by atoms with Crippen LogP contribution in [0.25, 0.3) is 11.0 Å². The van der Waals surface area contributed by atoms with E-state index in [9.17, 15) is 4.79 Å². The second-order valence-corrected chi connectivity index (χ2v) is 4.73. The summed E-state index contributed by atoms with van der Waals surface area (Å²) in [4.78, 5) is 12.3. The SMILES string of the molecule is COc1ccc(C(=O)c2cc3cccc(Cl)c3o2)cc1. The monoisotopic (exact) mass is 286 g/mol. The first-order valence-corrected chi connectivity index (χ1v) is 6.43. The molecule has 100 valence electrons. The normalized spacial score (nSPS) is 10.7. The first kappa shape index (κ1) is 12.8. The zero-order valence-electron chi connectivity index (χ0n) is 10.7. The zero-order valence-corrected chi connectivity index (χ0v) is 11.5. The van der Waals surface area contributed by atoms with Gasteiger partial charge in [-0.25, -0.2) is 0 Å². The fraction of sp³-hybridized carbons (Fsp3) is 0.0625. The molecule has 3 rings (SSSR count). The van der Waals surface area contributed by atoms with Crippen LogP contribution in [0.1, 0.15) is 16.1 Å². The molecule has 0 N–H and O–H groups in total. The molecule has 0 amide bonds.